The van der Waals surface area contributed by atoms with Gasteiger partial charge in [-0.2, -0.15) is 0 Å². The molecule has 0 saturated heterocycles. The molecule has 178 valence electrons. The number of benzene rings is 1. The second-order valence-corrected chi connectivity index (χ2v) is 27.2. The van der Waals surface area contributed by atoms with E-state index in [-0.39, 0.29) is 0 Å². The quantitative estimate of drug-likeness (QED) is 0.271. The molecular weight excluding hydrogens is 604 g/mol. The maximum atomic E-state index is 2.77. The number of hydrogen-bond acceptors (Lipinski definition) is 0. The van der Waals surface area contributed by atoms with Crippen LogP contribution in [-0.4, -0.2) is 40.4 Å². The van der Waals surface area contributed by atoms with E-state index in [4.69, 9.17) is 0 Å². The molecule has 0 N–H and O–H groups in total. The van der Waals surface area contributed by atoms with E-state index in [1.807, 2.05) is 0 Å². The fourth-order valence-corrected chi connectivity index (χ4v) is 34.0. The Morgan fingerprint density at radius 3 is 0.875 bits per heavy atom. The van der Waals surface area contributed by atoms with E-state index in [1.54, 1.807) is 103 Å². The molecule has 1 aromatic carbocycles. The van der Waals surface area contributed by atoms with Crippen LogP contribution < -0.4 is 7.02 Å². The molecule has 0 aliphatic heterocycles. The second kappa shape index (κ2) is 12.7. The number of hydrogen-bond donors (Lipinski definition) is 0. The van der Waals surface area contributed by atoms with Gasteiger partial charge in [0.1, 0.15) is 0 Å². The third kappa shape index (κ3) is 5.97. The molecule has 32 heavy (non-hydrogen) atoms. The third-order valence-electron chi connectivity index (χ3n) is 9.31. The SMILES string of the molecule is c1cc[c]([Sb]([CH]2CCCCC2)[CH]2CCCCC2)[c]([Sb]([CH]2CCCCC2)[CH]2CCCCC2)c1. The van der Waals surface area contributed by atoms with Crippen LogP contribution in [0.3, 0.4) is 0 Å². The van der Waals surface area contributed by atoms with Crippen LogP contribution in [0.25, 0.3) is 0 Å². The Bertz CT molecular complexity index is 581. The molecule has 4 fully saturated rings. The van der Waals surface area contributed by atoms with Crippen molar-refractivity contribution in [3.63, 3.8) is 0 Å². The molecule has 0 radical (unpaired) electrons. The molecule has 0 aromatic heterocycles. The summed E-state index contributed by atoms with van der Waals surface area (Å²) in [4.78, 5) is 0. The van der Waals surface area contributed by atoms with Crippen LogP contribution in [-0.2, 0) is 0 Å². The van der Waals surface area contributed by atoms with Gasteiger partial charge in [0.05, 0.1) is 0 Å². The Labute approximate surface area is 214 Å². The molecule has 0 unspecified atom stereocenters. The van der Waals surface area contributed by atoms with Gasteiger partial charge >= 0.3 is 216 Å². The van der Waals surface area contributed by atoms with Gasteiger partial charge in [0, 0.05) is 0 Å². The second-order valence-electron chi connectivity index (χ2n) is 11.5. The van der Waals surface area contributed by atoms with Gasteiger partial charge in [-0.05, 0) is 0 Å². The van der Waals surface area contributed by atoms with Crippen LogP contribution in [0.5, 0.6) is 0 Å². The molecule has 4 aliphatic rings. The van der Waals surface area contributed by atoms with Gasteiger partial charge in [0.15, 0.2) is 0 Å². The Morgan fingerprint density at radius 2 is 0.625 bits per heavy atom. The minimum absolute atomic E-state index is 1.18. The third-order valence-corrected chi connectivity index (χ3v) is 31.2. The molecule has 0 amide bonds. The van der Waals surface area contributed by atoms with Crippen LogP contribution in [0, 0.1) is 0 Å². The van der Waals surface area contributed by atoms with Crippen molar-refractivity contribution in [3.05, 3.63) is 24.3 Å². The van der Waals surface area contributed by atoms with E-state index in [9.17, 15) is 0 Å². The summed E-state index contributed by atoms with van der Waals surface area (Å²) in [5.74, 6) is 0. The summed E-state index contributed by atoms with van der Waals surface area (Å²) in [5.41, 5.74) is 0. The average Bonchev–Trinajstić information content (AvgIpc) is 2.88. The molecule has 5 rings (SSSR count). The molecule has 0 spiro atoms. The summed E-state index contributed by atoms with van der Waals surface area (Å²) in [7, 11) is 0. The van der Waals surface area contributed by atoms with Gasteiger partial charge in [-0.1, -0.05) is 0 Å². The van der Waals surface area contributed by atoms with Crippen molar-refractivity contribution in [2.75, 3.05) is 0 Å². The monoisotopic (exact) mass is 650 g/mol. The van der Waals surface area contributed by atoms with Crippen molar-refractivity contribution in [1.29, 1.82) is 0 Å². The van der Waals surface area contributed by atoms with Gasteiger partial charge in [-0.25, -0.2) is 0 Å². The van der Waals surface area contributed by atoms with Crippen molar-refractivity contribution in [3.8, 4) is 0 Å². The molecular formula is C30H48Sb2. The van der Waals surface area contributed by atoms with Crippen LogP contribution >= 0.6 is 0 Å². The van der Waals surface area contributed by atoms with Crippen LogP contribution in [0.2, 0.25) is 15.5 Å². The summed E-state index contributed by atoms with van der Waals surface area (Å²) in [6, 6.07) is 10.5. The first-order valence-electron chi connectivity index (χ1n) is 14.6. The molecule has 1 aromatic rings. The Hall–Kier alpha value is 0.856. The van der Waals surface area contributed by atoms with E-state index in [1.165, 1.54) is 41.1 Å². The van der Waals surface area contributed by atoms with Gasteiger partial charge in [0.2, 0.25) is 0 Å². The first-order valence-corrected chi connectivity index (χ1v) is 23.0. The minimum atomic E-state index is -1.50. The summed E-state index contributed by atoms with van der Waals surface area (Å²) >= 11 is -2.99. The van der Waals surface area contributed by atoms with Crippen molar-refractivity contribution < 1.29 is 0 Å². The van der Waals surface area contributed by atoms with E-state index in [0.29, 0.717) is 0 Å². The van der Waals surface area contributed by atoms with Gasteiger partial charge < -0.3 is 0 Å². The van der Waals surface area contributed by atoms with Crippen LogP contribution in [0.1, 0.15) is 128 Å². The summed E-state index contributed by atoms with van der Waals surface area (Å²) in [6.45, 7) is 0. The summed E-state index contributed by atoms with van der Waals surface area (Å²) in [6.07, 6.45) is 31.4. The zero-order chi connectivity index (χ0) is 21.6. The molecule has 0 nitrogen and oxygen atoms in total. The molecule has 0 heterocycles. The van der Waals surface area contributed by atoms with Crippen molar-refractivity contribution in [2.24, 2.45) is 0 Å². The first kappa shape index (κ1) is 24.5. The Balaban J connectivity index is 1.52. The summed E-state index contributed by atoms with van der Waals surface area (Å²) in [5, 5.41) is 0. The van der Waals surface area contributed by atoms with E-state index in [2.05, 4.69) is 31.3 Å². The summed E-state index contributed by atoms with van der Waals surface area (Å²) < 4.78 is 8.95. The van der Waals surface area contributed by atoms with Gasteiger partial charge in [-0.15, -0.1) is 0 Å². The zero-order valence-electron chi connectivity index (χ0n) is 20.7. The van der Waals surface area contributed by atoms with Gasteiger partial charge in [0.25, 0.3) is 0 Å². The van der Waals surface area contributed by atoms with E-state index < -0.39 is 40.4 Å². The predicted octanol–water partition coefficient (Wildman–Crippen LogP) is 8.43. The normalized spacial score (nSPS) is 25.6. The van der Waals surface area contributed by atoms with Gasteiger partial charge in [-0.3, -0.25) is 0 Å². The Kier molecular flexibility index (Phi) is 9.75. The fourth-order valence-electron chi connectivity index (χ4n) is 7.72. The fraction of sp³-hybridized carbons (Fsp3) is 0.800. The molecule has 0 bridgehead atoms. The molecule has 0 atom stereocenters. The molecule has 4 aliphatic carbocycles. The molecule has 2 heteroatoms. The first-order chi connectivity index (χ1) is 15.9. The van der Waals surface area contributed by atoms with E-state index >= 15 is 0 Å². The number of rotatable bonds is 6. The van der Waals surface area contributed by atoms with Crippen LogP contribution in [0.15, 0.2) is 24.3 Å². The van der Waals surface area contributed by atoms with Crippen molar-refractivity contribution >= 4 is 47.4 Å². The standard InChI is InChI=1S/4C6H11.C6H4.2Sb/c5*1-2-4-6-5-3-1;;/h4*1H,2-6H2;1-4H;;. The van der Waals surface area contributed by atoms with Crippen LogP contribution in [0.4, 0.5) is 0 Å². The van der Waals surface area contributed by atoms with Crippen molar-refractivity contribution in [1.82, 2.24) is 0 Å². The topological polar surface area (TPSA) is 0 Å². The predicted molar refractivity (Wildman–Crippen MR) is 145 cm³/mol. The van der Waals surface area contributed by atoms with Crippen molar-refractivity contribution in [2.45, 2.75) is 144 Å². The Morgan fingerprint density at radius 1 is 0.375 bits per heavy atom. The average molecular weight is 652 g/mol. The molecule has 4 saturated carbocycles. The van der Waals surface area contributed by atoms with E-state index in [0.717, 1.165) is 0 Å². The zero-order valence-corrected chi connectivity index (χ0v) is 25.8. The maximum absolute atomic E-state index is 2.77.